The van der Waals surface area contributed by atoms with Gasteiger partial charge >= 0.3 is 0 Å². The fraction of sp³-hybridized carbons (Fsp3) is 0.444. The Morgan fingerprint density at radius 1 is 1.25 bits per heavy atom. The molecule has 0 radical (unpaired) electrons. The lowest BCUT2D eigenvalue weighted by atomic mass is 10.1. The number of rotatable bonds is 7. The van der Waals surface area contributed by atoms with Crippen LogP contribution in [0.4, 0.5) is 0 Å². The topological polar surface area (TPSA) is 49.3 Å². The molecule has 1 heterocycles. The highest BCUT2D eigenvalue weighted by Gasteiger charge is 2.06. The Bertz CT molecular complexity index is 649. The van der Waals surface area contributed by atoms with Crippen LogP contribution in [0.5, 0.6) is 0 Å². The Kier molecular flexibility index (Phi) is 7.53. The van der Waals surface area contributed by atoms with Gasteiger partial charge in [-0.25, -0.2) is 4.98 Å². The van der Waals surface area contributed by atoms with E-state index in [-0.39, 0.29) is 0 Å². The van der Waals surface area contributed by atoms with Gasteiger partial charge in [0, 0.05) is 24.0 Å². The zero-order valence-corrected chi connectivity index (χ0v) is 16.0. The molecule has 1 aromatic heterocycles. The van der Waals surface area contributed by atoms with Gasteiger partial charge in [-0.15, -0.1) is 11.3 Å². The van der Waals surface area contributed by atoms with Gasteiger partial charge in [0.1, 0.15) is 5.01 Å². The number of halogens is 1. The summed E-state index contributed by atoms with van der Waals surface area (Å²) < 4.78 is 0. The summed E-state index contributed by atoms with van der Waals surface area (Å²) in [6, 6.07) is 8.02. The summed E-state index contributed by atoms with van der Waals surface area (Å²) in [5.41, 5.74) is 2.45. The maximum absolute atomic E-state index is 5.90. The van der Waals surface area contributed by atoms with Crippen molar-refractivity contribution < 1.29 is 0 Å². The Morgan fingerprint density at radius 3 is 2.62 bits per heavy atom. The molecule has 0 saturated heterocycles. The highest BCUT2D eigenvalue weighted by molar-refractivity contribution is 7.09. The first-order chi connectivity index (χ1) is 11.6. The summed E-state index contributed by atoms with van der Waals surface area (Å²) in [7, 11) is 1.79. The third kappa shape index (κ3) is 6.13. The number of hydrogen-bond acceptors (Lipinski definition) is 3. The predicted octanol–water partition coefficient (Wildman–Crippen LogP) is 4.22. The van der Waals surface area contributed by atoms with Crippen molar-refractivity contribution in [3.05, 3.63) is 50.9 Å². The van der Waals surface area contributed by atoms with Gasteiger partial charge in [-0.2, -0.15) is 0 Å². The van der Waals surface area contributed by atoms with Crippen LogP contribution in [0.25, 0.3) is 0 Å². The van der Waals surface area contributed by atoms with Crippen molar-refractivity contribution in [3.8, 4) is 0 Å². The van der Waals surface area contributed by atoms with Gasteiger partial charge in [0.05, 0.1) is 12.2 Å². The van der Waals surface area contributed by atoms with E-state index >= 15 is 0 Å². The van der Waals surface area contributed by atoms with Crippen LogP contribution in [-0.2, 0) is 13.0 Å². The van der Waals surface area contributed by atoms with Crippen molar-refractivity contribution in [1.29, 1.82) is 0 Å². The number of aryl methyl sites for hydroxylation is 1. The second-order valence-corrected chi connectivity index (χ2v) is 7.28. The molecule has 2 N–H and O–H groups in total. The van der Waals surface area contributed by atoms with Gasteiger partial charge in [-0.3, -0.25) is 4.99 Å². The number of benzene rings is 1. The molecular formula is C18H25ClN4S. The average Bonchev–Trinajstić information content (AvgIpc) is 3.05. The van der Waals surface area contributed by atoms with Crippen LogP contribution in [0.3, 0.4) is 0 Å². The van der Waals surface area contributed by atoms with Crippen LogP contribution >= 0.6 is 22.9 Å². The molecule has 0 bridgehead atoms. The monoisotopic (exact) mass is 364 g/mol. The van der Waals surface area contributed by atoms with Gasteiger partial charge in [-0.1, -0.05) is 37.6 Å². The highest BCUT2D eigenvalue weighted by Crippen LogP contribution is 2.17. The van der Waals surface area contributed by atoms with Crippen molar-refractivity contribution in [2.45, 2.75) is 39.2 Å². The smallest absolute Gasteiger partial charge is 0.191 e. The van der Waals surface area contributed by atoms with E-state index < -0.39 is 0 Å². The molecule has 24 heavy (non-hydrogen) atoms. The molecule has 0 atom stereocenters. The molecular weight excluding hydrogens is 340 g/mol. The van der Waals surface area contributed by atoms with Crippen LogP contribution in [0, 0.1) is 0 Å². The van der Waals surface area contributed by atoms with Crippen LogP contribution in [0.1, 0.15) is 42.5 Å². The second-order valence-electron chi connectivity index (χ2n) is 5.90. The fourth-order valence-electron chi connectivity index (χ4n) is 2.20. The van der Waals surface area contributed by atoms with Gasteiger partial charge in [0.15, 0.2) is 5.96 Å². The zero-order chi connectivity index (χ0) is 17.4. The molecule has 0 amide bonds. The number of hydrogen-bond donors (Lipinski definition) is 2. The van der Waals surface area contributed by atoms with E-state index in [1.54, 1.807) is 18.4 Å². The first-order valence-corrected chi connectivity index (χ1v) is 9.47. The molecule has 2 aromatic rings. The zero-order valence-electron chi connectivity index (χ0n) is 14.5. The number of nitrogens with one attached hydrogen (secondary N) is 2. The minimum absolute atomic E-state index is 0.473. The van der Waals surface area contributed by atoms with E-state index in [0.717, 1.165) is 41.1 Å². The maximum atomic E-state index is 5.90. The van der Waals surface area contributed by atoms with Crippen molar-refractivity contribution in [3.63, 3.8) is 0 Å². The van der Waals surface area contributed by atoms with E-state index in [2.05, 4.69) is 52.0 Å². The second kappa shape index (κ2) is 9.64. The number of guanidine groups is 1. The standard InChI is InChI=1S/C18H25ClN4S/c1-13(2)16-12-24-17(23-16)11-22-18(20-3)21-10-4-5-14-6-8-15(19)9-7-14/h6-9,12-13H,4-5,10-11H2,1-3H3,(H2,20,21,22). The molecule has 0 aliphatic rings. The van der Waals surface area contributed by atoms with Crippen molar-refractivity contribution in [2.75, 3.05) is 13.6 Å². The van der Waals surface area contributed by atoms with E-state index in [9.17, 15) is 0 Å². The molecule has 0 fully saturated rings. The highest BCUT2D eigenvalue weighted by atomic mass is 35.5. The van der Waals surface area contributed by atoms with Crippen LogP contribution in [-0.4, -0.2) is 24.5 Å². The van der Waals surface area contributed by atoms with Crippen molar-refractivity contribution in [2.24, 2.45) is 4.99 Å². The summed E-state index contributed by atoms with van der Waals surface area (Å²) in [6.45, 7) is 5.90. The molecule has 0 spiro atoms. The largest absolute Gasteiger partial charge is 0.356 e. The van der Waals surface area contributed by atoms with Crippen molar-refractivity contribution >= 4 is 28.9 Å². The molecule has 1 aromatic carbocycles. The lowest BCUT2D eigenvalue weighted by molar-refractivity contribution is 0.738. The SMILES string of the molecule is CN=C(NCCCc1ccc(Cl)cc1)NCc1nc(C(C)C)cs1. The van der Waals surface area contributed by atoms with E-state index in [4.69, 9.17) is 11.6 Å². The summed E-state index contributed by atoms with van der Waals surface area (Å²) in [4.78, 5) is 8.88. The lowest BCUT2D eigenvalue weighted by Crippen LogP contribution is -2.37. The molecule has 0 saturated carbocycles. The Balaban J connectivity index is 1.69. The summed E-state index contributed by atoms with van der Waals surface area (Å²) in [5, 5.41) is 10.7. The molecule has 4 nitrogen and oxygen atoms in total. The normalized spacial score (nSPS) is 11.8. The Hall–Kier alpha value is -1.59. The third-order valence-corrected chi connectivity index (χ3v) is 4.76. The predicted molar refractivity (Wildman–Crippen MR) is 104 cm³/mol. The van der Waals surface area contributed by atoms with E-state index in [1.807, 2.05) is 12.1 Å². The number of aliphatic imine (C=N–C) groups is 1. The average molecular weight is 365 g/mol. The number of aromatic nitrogens is 1. The van der Waals surface area contributed by atoms with Crippen molar-refractivity contribution in [1.82, 2.24) is 15.6 Å². The fourth-order valence-corrected chi connectivity index (χ4v) is 3.22. The molecule has 130 valence electrons. The number of thiazole rings is 1. The van der Waals surface area contributed by atoms with Gasteiger partial charge in [0.2, 0.25) is 0 Å². The van der Waals surface area contributed by atoms with E-state index in [1.165, 1.54) is 5.56 Å². The van der Waals surface area contributed by atoms with Gasteiger partial charge < -0.3 is 10.6 Å². The minimum atomic E-state index is 0.473. The third-order valence-electron chi connectivity index (χ3n) is 3.64. The molecule has 0 aliphatic heterocycles. The first-order valence-electron chi connectivity index (χ1n) is 8.21. The van der Waals surface area contributed by atoms with Crippen LogP contribution < -0.4 is 10.6 Å². The molecule has 0 unspecified atom stereocenters. The lowest BCUT2D eigenvalue weighted by Gasteiger charge is -2.11. The molecule has 0 aliphatic carbocycles. The number of nitrogens with zero attached hydrogens (tertiary/aromatic N) is 2. The Morgan fingerprint density at radius 2 is 2.00 bits per heavy atom. The van der Waals surface area contributed by atoms with Gasteiger partial charge in [-0.05, 0) is 36.5 Å². The molecule has 6 heteroatoms. The maximum Gasteiger partial charge on any atom is 0.191 e. The van der Waals surface area contributed by atoms with E-state index in [0.29, 0.717) is 12.5 Å². The minimum Gasteiger partial charge on any atom is -0.356 e. The summed E-state index contributed by atoms with van der Waals surface area (Å²) in [6.07, 6.45) is 2.06. The summed E-state index contributed by atoms with van der Waals surface area (Å²) >= 11 is 7.59. The van der Waals surface area contributed by atoms with Crippen LogP contribution in [0.2, 0.25) is 5.02 Å². The Labute approximate surface area is 153 Å². The quantitative estimate of drug-likeness (QED) is 0.439. The molecule has 2 rings (SSSR count). The summed E-state index contributed by atoms with van der Waals surface area (Å²) in [5.74, 6) is 1.28. The first kappa shape index (κ1) is 18.7. The van der Waals surface area contributed by atoms with Gasteiger partial charge in [0.25, 0.3) is 0 Å². The van der Waals surface area contributed by atoms with Crippen LogP contribution in [0.15, 0.2) is 34.6 Å².